The van der Waals surface area contributed by atoms with Gasteiger partial charge < -0.3 is 14.9 Å². The molecule has 0 spiro atoms. The first-order chi connectivity index (χ1) is 10.5. The number of esters is 1. The standard InChI is InChI=1S/C17H23NO4/c1-18-13-7-8-14(18)10-17(21,9-13)22-16(20)15(11-19)12-5-3-2-4-6-12/h2-6,13-15,19,21H,7-11H2,1H3/t13?,14?,15-,17?/m1/s1. The normalized spacial score (nSPS) is 32.7. The molecule has 0 aliphatic carbocycles. The van der Waals surface area contributed by atoms with E-state index in [-0.39, 0.29) is 18.7 Å². The van der Waals surface area contributed by atoms with E-state index in [1.807, 2.05) is 18.2 Å². The second-order valence-electron chi connectivity index (χ2n) is 6.47. The van der Waals surface area contributed by atoms with Crippen LogP contribution in [0.15, 0.2) is 30.3 Å². The van der Waals surface area contributed by atoms with Crippen LogP contribution in [0.25, 0.3) is 0 Å². The molecule has 120 valence electrons. The number of rotatable bonds is 4. The highest BCUT2D eigenvalue weighted by atomic mass is 16.7. The Balaban J connectivity index is 1.71. The minimum absolute atomic E-state index is 0.265. The zero-order valence-electron chi connectivity index (χ0n) is 12.8. The minimum atomic E-state index is -1.41. The molecule has 2 aliphatic rings. The third-order valence-electron chi connectivity index (χ3n) is 5.05. The zero-order valence-corrected chi connectivity index (χ0v) is 12.8. The Morgan fingerprint density at radius 2 is 1.91 bits per heavy atom. The first-order valence-electron chi connectivity index (χ1n) is 7.85. The number of fused-ring (bicyclic) bond motifs is 2. The van der Waals surface area contributed by atoms with Gasteiger partial charge in [-0.1, -0.05) is 30.3 Å². The summed E-state index contributed by atoms with van der Waals surface area (Å²) in [5, 5.41) is 20.2. The molecule has 0 saturated carbocycles. The number of hydrogen-bond donors (Lipinski definition) is 2. The van der Waals surface area contributed by atoms with Crippen LogP contribution in [0.5, 0.6) is 0 Å². The fourth-order valence-corrected chi connectivity index (χ4v) is 3.75. The van der Waals surface area contributed by atoms with Crippen LogP contribution in [0.4, 0.5) is 0 Å². The second-order valence-corrected chi connectivity index (χ2v) is 6.47. The molecule has 2 heterocycles. The molecule has 0 aromatic heterocycles. The van der Waals surface area contributed by atoms with Crippen molar-refractivity contribution in [3.05, 3.63) is 35.9 Å². The van der Waals surface area contributed by atoms with E-state index in [4.69, 9.17) is 4.74 Å². The lowest BCUT2D eigenvalue weighted by molar-refractivity contribution is -0.233. The van der Waals surface area contributed by atoms with Gasteiger partial charge in [-0.3, -0.25) is 9.69 Å². The summed E-state index contributed by atoms with van der Waals surface area (Å²) in [5.41, 5.74) is 0.703. The van der Waals surface area contributed by atoms with Crippen LogP contribution in [-0.2, 0) is 9.53 Å². The van der Waals surface area contributed by atoms with Gasteiger partial charge in [-0.15, -0.1) is 0 Å². The topological polar surface area (TPSA) is 70.0 Å². The van der Waals surface area contributed by atoms with Crippen LogP contribution < -0.4 is 0 Å². The summed E-state index contributed by atoms with van der Waals surface area (Å²) in [6.45, 7) is -0.328. The molecule has 1 aromatic rings. The molecular formula is C17H23NO4. The van der Waals surface area contributed by atoms with Crippen molar-refractivity contribution in [2.45, 2.75) is 49.5 Å². The number of carbonyl (C=O) groups is 1. The fourth-order valence-electron chi connectivity index (χ4n) is 3.75. The lowest BCUT2D eigenvalue weighted by atomic mass is 9.95. The van der Waals surface area contributed by atoms with E-state index in [0.717, 1.165) is 12.8 Å². The summed E-state index contributed by atoms with van der Waals surface area (Å²) in [6.07, 6.45) is 2.95. The Hall–Kier alpha value is -1.43. The van der Waals surface area contributed by atoms with Crippen molar-refractivity contribution in [3.63, 3.8) is 0 Å². The van der Waals surface area contributed by atoms with E-state index in [9.17, 15) is 15.0 Å². The lowest BCUT2D eigenvalue weighted by Gasteiger charge is -2.41. The molecule has 0 amide bonds. The lowest BCUT2D eigenvalue weighted by Crippen LogP contribution is -2.51. The van der Waals surface area contributed by atoms with Gasteiger partial charge in [0.25, 0.3) is 0 Å². The number of nitrogens with zero attached hydrogens (tertiary/aromatic N) is 1. The predicted octanol–water partition coefficient (Wildman–Crippen LogP) is 1.25. The Bertz CT molecular complexity index is 519. The maximum Gasteiger partial charge on any atom is 0.318 e. The Kier molecular flexibility index (Phi) is 4.21. The maximum absolute atomic E-state index is 12.4. The van der Waals surface area contributed by atoms with E-state index in [1.165, 1.54) is 0 Å². The fraction of sp³-hybridized carbons (Fsp3) is 0.588. The van der Waals surface area contributed by atoms with Gasteiger partial charge in [0.2, 0.25) is 5.79 Å². The highest BCUT2D eigenvalue weighted by molar-refractivity contribution is 5.78. The van der Waals surface area contributed by atoms with E-state index in [1.54, 1.807) is 12.1 Å². The van der Waals surface area contributed by atoms with E-state index in [2.05, 4.69) is 11.9 Å². The minimum Gasteiger partial charge on any atom is -0.433 e. The summed E-state index contributed by atoms with van der Waals surface area (Å²) in [6, 6.07) is 9.58. The molecule has 2 N–H and O–H groups in total. The zero-order chi connectivity index (χ0) is 15.7. The van der Waals surface area contributed by atoms with Gasteiger partial charge >= 0.3 is 5.97 Å². The van der Waals surface area contributed by atoms with E-state index in [0.29, 0.717) is 18.4 Å². The summed E-state index contributed by atoms with van der Waals surface area (Å²) >= 11 is 0. The smallest absolute Gasteiger partial charge is 0.318 e. The number of carbonyl (C=O) groups excluding carboxylic acids is 1. The van der Waals surface area contributed by atoms with Gasteiger partial charge in [0, 0.05) is 24.9 Å². The van der Waals surface area contributed by atoms with Crippen molar-refractivity contribution in [2.24, 2.45) is 0 Å². The molecule has 0 radical (unpaired) electrons. The molecule has 3 rings (SSSR count). The first-order valence-corrected chi connectivity index (χ1v) is 7.85. The Morgan fingerprint density at radius 3 is 2.45 bits per heavy atom. The summed E-state index contributed by atoms with van der Waals surface area (Å²) in [4.78, 5) is 14.7. The molecule has 1 aromatic carbocycles. The molecule has 5 heteroatoms. The van der Waals surface area contributed by atoms with Gasteiger partial charge in [-0.2, -0.15) is 0 Å². The maximum atomic E-state index is 12.4. The number of benzene rings is 1. The van der Waals surface area contributed by atoms with E-state index >= 15 is 0 Å². The van der Waals surface area contributed by atoms with Crippen molar-refractivity contribution in [1.82, 2.24) is 4.90 Å². The molecule has 2 fully saturated rings. The molecular weight excluding hydrogens is 282 g/mol. The van der Waals surface area contributed by atoms with Gasteiger partial charge in [-0.25, -0.2) is 0 Å². The van der Waals surface area contributed by atoms with Crippen LogP contribution in [0.1, 0.15) is 37.2 Å². The molecule has 2 saturated heterocycles. The van der Waals surface area contributed by atoms with Crippen LogP contribution in [-0.4, -0.2) is 52.6 Å². The third kappa shape index (κ3) is 2.89. The van der Waals surface area contributed by atoms with Crippen LogP contribution in [0.2, 0.25) is 0 Å². The SMILES string of the molecule is CN1C2CCC1CC(O)(OC(=O)[C@H](CO)c1ccccc1)C2. The monoisotopic (exact) mass is 305 g/mol. The Morgan fingerprint density at radius 1 is 1.32 bits per heavy atom. The average molecular weight is 305 g/mol. The average Bonchev–Trinajstić information content (AvgIpc) is 2.72. The molecule has 2 unspecified atom stereocenters. The van der Waals surface area contributed by atoms with E-state index < -0.39 is 17.7 Å². The van der Waals surface area contributed by atoms with Crippen molar-refractivity contribution in [3.8, 4) is 0 Å². The van der Waals surface area contributed by atoms with Crippen LogP contribution in [0, 0.1) is 0 Å². The van der Waals surface area contributed by atoms with Gasteiger partial charge in [0.05, 0.1) is 6.61 Å². The van der Waals surface area contributed by atoms with Crippen LogP contribution in [0.3, 0.4) is 0 Å². The highest BCUT2D eigenvalue weighted by Crippen LogP contribution is 2.40. The van der Waals surface area contributed by atoms with Gasteiger partial charge in [0.15, 0.2) is 0 Å². The summed E-state index contributed by atoms with van der Waals surface area (Å²) in [5.74, 6) is -2.71. The first kappa shape index (κ1) is 15.5. The van der Waals surface area contributed by atoms with Gasteiger partial charge in [0.1, 0.15) is 5.92 Å². The third-order valence-corrected chi connectivity index (χ3v) is 5.05. The molecule has 3 atom stereocenters. The summed E-state index contributed by atoms with van der Waals surface area (Å²) < 4.78 is 5.45. The largest absolute Gasteiger partial charge is 0.433 e. The van der Waals surface area contributed by atoms with Crippen molar-refractivity contribution in [2.75, 3.05) is 13.7 Å². The molecule has 22 heavy (non-hydrogen) atoms. The predicted molar refractivity (Wildman–Crippen MR) is 81.1 cm³/mol. The number of aliphatic hydroxyl groups excluding tert-OH is 1. The molecule has 5 nitrogen and oxygen atoms in total. The van der Waals surface area contributed by atoms with Crippen LogP contribution >= 0.6 is 0 Å². The second kappa shape index (κ2) is 5.99. The van der Waals surface area contributed by atoms with Crippen molar-refractivity contribution in [1.29, 1.82) is 0 Å². The van der Waals surface area contributed by atoms with Gasteiger partial charge in [-0.05, 0) is 25.5 Å². The Labute approximate surface area is 130 Å². The summed E-state index contributed by atoms with van der Waals surface area (Å²) in [7, 11) is 2.06. The number of piperidine rings is 1. The number of hydrogen-bond acceptors (Lipinski definition) is 5. The quantitative estimate of drug-likeness (QED) is 0.647. The van der Waals surface area contributed by atoms with Crippen molar-refractivity contribution >= 4 is 5.97 Å². The molecule has 2 bridgehead atoms. The van der Waals surface area contributed by atoms with Crippen molar-refractivity contribution < 1.29 is 19.7 Å². The number of ether oxygens (including phenoxy) is 1. The highest BCUT2D eigenvalue weighted by Gasteiger charge is 2.48. The molecule has 2 aliphatic heterocycles. The number of aliphatic hydroxyl groups is 2.